The van der Waals surface area contributed by atoms with E-state index in [1.165, 1.54) is 0 Å². The number of hydrogen-bond donors (Lipinski definition) is 1. The van der Waals surface area contributed by atoms with E-state index in [2.05, 4.69) is 10.00 Å². The Hall–Kier alpha value is -1.07. The van der Waals surface area contributed by atoms with Crippen LogP contribution < -0.4 is 4.90 Å². The zero-order valence-corrected chi connectivity index (χ0v) is 9.23. The Morgan fingerprint density at radius 3 is 2.67 bits per heavy atom. The minimum absolute atomic E-state index is 0.0480. The second-order valence-electron chi connectivity index (χ2n) is 3.77. The topological polar surface area (TPSA) is 50.5 Å². The average molecular weight is 211 g/mol. The van der Waals surface area contributed by atoms with Gasteiger partial charge in [-0.2, -0.15) is 5.10 Å². The van der Waals surface area contributed by atoms with Crippen molar-refractivity contribution in [2.24, 2.45) is 7.05 Å². The molecule has 84 valence electrons. The lowest BCUT2D eigenvalue weighted by Crippen LogP contribution is -2.37. The van der Waals surface area contributed by atoms with E-state index in [9.17, 15) is 5.11 Å². The van der Waals surface area contributed by atoms with Crippen LogP contribution in [-0.4, -0.2) is 41.2 Å². The Bertz CT molecular complexity index is 343. The van der Waals surface area contributed by atoms with Crippen LogP contribution >= 0.6 is 0 Å². The van der Waals surface area contributed by atoms with Gasteiger partial charge in [-0.15, -0.1) is 0 Å². The molecule has 0 bridgehead atoms. The molecule has 2 heterocycles. The number of aliphatic hydroxyl groups excluding tert-OH is 1. The SMILES string of the molecule is Cc1nn(C)c(N2CCOCC2)c1CO. The lowest BCUT2D eigenvalue weighted by atomic mass is 10.2. The molecule has 1 aliphatic rings. The first-order valence-corrected chi connectivity index (χ1v) is 5.20. The quantitative estimate of drug-likeness (QED) is 0.751. The maximum absolute atomic E-state index is 9.33. The van der Waals surface area contributed by atoms with Gasteiger partial charge in [0.25, 0.3) is 0 Å². The second kappa shape index (κ2) is 4.20. The number of nitrogens with zero attached hydrogens (tertiary/aromatic N) is 3. The van der Waals surface area contributed by atoms with Crippen LogP contribution in [-0.2, 0) is 18.4 Å². The van der Waals surface area contributed by atoms with Gasteiger partial charge in [-0.05, 0) is 6.92 Å². The molecule has 0 spiro atoms. The first-order chi connectivity index (χ1) is 7.24. The second-order valence-corrected chi connectivity index (χ2v) is 3.77. The van der Waals surface area contributed by atoms with Gasteiger partial charge in [0.2, 0.25) is 0 Å². The van der Waals surface area contributed by atoms with Gasteiger partial charge in [0.05, 0.1) is 25.5 Å². The van der Waals surface area contributed by atoms with Crippen molar-refractivity contribution in [2.45, 2.75) is 13.5 Å². The molecule has 5 nitrogen and oxygen atoms in total. The van der Waals surface area contributed by atoms with Crippen molar-refractivity contribution in [3.8, 4) is 0 Å². The molecule has 15 heavy (non-hydrogen) atoms. The van der Waals surface area contributed by atoms with E-state index >= 15 is 0 Å². The smallest absolute Gasteiger partial charge is 0.132 e. The number of rotatable bonds is 2. The molecular weight excluding hydrogens is 194 g/mol. The third-order valence-electron chi connectivity index (χ3n) is 2.78. The van der Waals surface area contributed by atoms with E-state index in [4.69, 9.17) is 4.74 Å². The van der Waals surface area contributed by atoms with Crippen LogP contribution in [0.5, 0.6) is 0 Å². The van der Waals surface area contributed by atoms with E-state index in [1.807, 2.05) is 18.7 Å². The summed E-state index contributed by atoms with van der Waals surface area (Å²) < 4.78 is 7.15. The number of morpholine rings is 1. The van der Waals surface area contributed by atoms with Crippen molar-refractivity contribution in [2.75, 3.05) is 31.2 Å². The third kappa shape index (κ3) is 1.85. The molecule has 1 aromatic rings. The first-order valence-electron chi connectivity index (χ1n) is 5.20. The molecule has 1 fully saturated rings. The number of anilines is 1. The molecule has 1 aromatic heterocycles. The summed E-state index contributed by atoms with van der Waals surface area (Å²) in [6, 6.07) is 0. The lowest BCUT2D eigenvalue weighted by molar-refractivity contribution is 0.122. The van der Waals surface area contributed by atoms with Crippen LogP contribution in [0.25, 0.3) is 0 Å². The van der Waals surface area contributed by atoms with Crippen molar-refractivity contribution < 1.29 is 9.84 Å². The van der Waals surface area contributed by atoms with Gasteiger partial charge in [-0.1, -0.05) is 0 Å². The zero-order chi connectivity index (χ0) is 10.8. The van der Waals surface area contributed by atoms with Gasteiger partial charge in [0.15, 0.2) is 0 Å². The highest BCUT2D eigenvalue weighted by molar-refractivity contribution is 5.50. The predicted molar refractivity (Wildman–Crippen MR) is 56.9 cm³/mol. The number of hydrogen-bond acceptors (Lipinski definition) is 4. The Morgan fingerprint density at radius 2 is 2.07 bits per heavy atom. The Labute approximate surface area is 89.3 Å². The van der Waals surface area contributed by atoms with Gasteiger partial charge in [0, 0.05) is 25.7 Å². The van der Waals surface area contributed by atoms with Crippen LogP contribution in [0.1, 0.15) is 11.3 Å². The Morgan fingerprint density at radius 1 is 1.40 bits per heavy atom. The standard InChI is InChI=1S/C10H17N3O2/c1-8-9(7-14)10(12(2)11-8)13-3-5-15-6-4-13/h14H,3-7H2,1-2H3. The highest BCUT2D eigenvalue weighted by Crippen LogP contribution is 2.23. The third-order valence-corrected chi connectivity index (χ3v) is 2.78. The summed E-state index contributed by atoms with van der Waals surface area (Å²) in [5, 5.41) is 13.7. The molecule has 0 aliphatic carbocycles. The minimum Gasteiger partial charge on any atom is -0.391 e. The molecule has 1 saturated heterocycles. The van der Waals surface area contributed by atoms with Crippen LogP contribution in [0.3, 0.4) is 0 Å². The Balaban J connectivity index is 2.32. The fraction of sp³-hybridized carbons (Fsp3) is 0.700. The first kappa shape index (κ1) is 10.4. The van der Waals surface area contributed by atoms with Crippen LogP contribution in [0, 0.1) is 6.92 Å². The van der Waals surface area contributed by atoms with Crippen molar-refractivity contribution in [3.05, 3.63) is 11.3 Å². The summed E-state index contributed by atoms with van der Waals surface area (Å²) in [6.45, 7) is 5.20. The van der Waals surface area contributed by atoms with Gasteiger partial charge in [-0.25, -0.2) is 0 Å². The fourth-order valence-corrected chi connectivity index (χ4v) is 2.05. The lowest BCUT2D eigenvalue weighted by Gasteiger charge is -2.29. The van der Waals surface area contributed by atoms with E-state index in [0.717, 1.165) is 43.4 Å². The summed E-state index contributed by atoms with van der Waals surface area (Å²) in [5.41, 5.74) is 1.83. The Kier molecular flexibility index (Phi) is 2.93. The normalized spacial score (nSPS) is 17.1. The van der Waals surface area contributed by atoms with E-state index in [1.54, 1.807) is 0 Å². The number of ether oxygens (including phenoxy) is 1. The monoisotopic (exact) mass is 211 g/mol. The summed E-state index contributed by atoms with van der Waals surface area (Å²) in [4.78, 5) is 2.22. The maximum Gasteiger partial charge on any atom is 0.132 e. The predicted octanol–water partition coefficient (Wildman–Crippen LogP) is 0.0574. The summed E-state index contributed by atoms with van der Waals surface area (Å²) in [5.74, 6) is 1.03. The van der Waals surface area contributed by atoms with E-state index in [-0.39, 0.29) is 6.61 Å². The summed E-state index contributed by atoms with van der Waals surface area (Å²) >= 11 is 0. The van der Waals surface area contributed by atoms with Crippen molar-refractivity contribution in [1.29, 1.82) is 0 Å². The molecule has 0 unspecified atom stereocenters. The molecule has 1 aliphatic heterocycles. The maximum atomic E-state index is 9.33. The minimum atomic E-state index is 0.0480. The average Bonchev–Trinajstić information content (AvgIpc) is 2.54. The molecule has 2 rings (SSSR count). The summed E-state index contributed by atoms with van der Waals surface area (Å²) in [7, 11) is 1.91. The van der Waals surface area contributed by atoms with Crippen LogP contribution in [0.15, 0.2) is 0 Å². The van der Waals surface area contributed by atoms with Crippen LogP contribution in [0.4, 0.5) is 5.82 Å². The molecule has 0 aromatic carbocycles. The molecule has 5 heteroatoms. The fourth-order valence-electron chi connectivity index (χ4n) is 2.05. The molecule has 0 radical (unpaired) electrons. The zero-order valence-electron chi connectivity index (χ0n) is 9.23. The van der Waals surface area contributed by atoms with Crippen molar-refractivity contribution >= 4 is 5.82 Å². The number of aryl methyl sites for hydroxylation is 2. The van der Waals surface area contributed by atoms with Gasteiger partial charge in [-0.3, -0.25) is 4.68 Å². The van der Waals surface area contributed by atoms with E-state index in [0.29, 0.717) is 0 Å². The molecular formula is C10H17N3O2. The van der Waals surface area contributed by atoms with Gasteiger partial charge >= 0.3 is 0 Å². The molecule has 1 N–H and O–H groups in total. The van der Waals surface area contributed by atoms with Gasteiger partial charge in [0.1, 0.15) is 5.82 Å². The molecule has 0 saturated carbocycles. The molecule has 0 amide bonds. The number of aliphatic hydroxyl groups is 1. The van der Waals surface area contributed by atoms with Gasteiger partial charge < -0.3 is 14.7 Å². The highest BCUT2D eigenvalue weighted by atomic mass is 16.5. The van der Waals surface area contributed by atoms with E-state index < -0.39 is 0 Å². The van der Waals surface area contributed by atoms with Crippen molar-refractivity contribution in [3.63, 3.8) is 0 Å². The highest BCUT2D eigenvalue weighted by Gasteiger charge is 2.20. The van der Waals surface area contributed by atoms with Crippen LogP contribution in [0.2, 0.25) is 0 Å². The largest absolute Gasteiger partial charge is 0.391 e. The summed E-state index contributed by atoms with van der Waals surface area (Å²) in [6.07, 6.45) is 0. The molecule has 0 atom stereocenters. The van der Waals surface area contributed by atoms with Crippen molar-refractivity contribution in [1.82, 2.24) is 9.78 Å². The number of aromatic nitrogens is 2.